The molecule has 836 valence electrons. The third-order valence-electron chi connectivity index (χ3n) is 28.1. The van der Waals surface area contributed by atoms with Crippen LogP contribution < -0.4 is 19.3 Å². The fourth-order valence-corrected chi connectivity index (χ4v) is 24.6. The van der Waals surface area contributed by atoms with E-state index in [9.17, 15) is 55.3 Å². The lowest BCUT2D eigenvalue weighted by Crippen LogP contribution is -2.45. The van der Waals surface area contributed by atoms with Gasteiger partial charge >= 0.3 is 0 Å². The lowest BCUT2D eigenvalue weighted by atomic mass is 10.0. The van der Waals surface area contributed by atoms with E-state index in [4.69, 9.17) is 29.4 Å². The number of benzene rings is 6. The molecule has 28 heteroatoms. The molecule has 2 fully saturated rings. The summed E-state index contributed by atoms with van der Waals surface area (Å²) in [4.78, 5) is 16.2. The number of carbonyl (C=O) groups is 1. The van der Waals surface area contributed by atoms with Crippen molar-refractivity contribution in [1.29, 1.82) is 5.26 Å². The number of fused-ring (bicyclic) bond motifs is 2. The summed E-state index contributed by atoms with van der Waals surface area (Å²) in [7, 11) is -17.8. The SMILES string of the molecule is CC(=O)c1cccc(CCCCCCCS(=O)(=O)C(C)(C)C)c1.CC(C)(C)S(=O)(=O)CCCCCCCc1ccc(C#N)cc1.CC(C)(C)S(=O)(=O)CCCCCCCc1ccc2c(c1)CC/C2=N\O.CC(C)(C)S(=O)(=O)CCCCCCCc1ccc2c(c1)OCCO2.CC(C)(C)S(=O)(=O)CCCCCCCc1cccc(N2CCOCC2)c1.C[C@@H]1CN(c2ccc(CCCCCCCS(=O)(=O)C(C)(C)C)cc2)C[C@H](C)O1. The molecule has 3 aliphatic heterocycles. The van der Waals surface area contributed by atoms with Crippen molar-refractivity contribution in [3.8, 4) is 17.6 Å². The van der Waals surface area contributed by atoms with Crippen LogP contribution in [-0.4, -0.2) is 195 Å². The largest absolute Gasteiger partial charge is 0.486 e. The molecule has 22 nitrogen and oxygen atoms in total. The van der Waals surface area contributed by atoms with E-state index in [1.165, 1.54) is 56.7 Å². The lowest BCUT2D eigenvalue weighted by molar-refractivity contribution is -0.00522. The molecular weight excluding hydrogens is 1980 g/mol. The van der Waals surface area contributed by atoms with Crippen molar-refractivity contribution < 1.29 is 79.5 Å². The Morgan fingerprint density at radius 3 is 1.01 bits per heavy atom. The number of nitriles is 1. The fourth-order valence-electron chi connectivity index (χ4n) is 17.5. The number of sulfone groups is 6. The Morgan fingerprint density at radius 2 is 0.655 bits per heavy atom. The summed E-state index contributed by atoms with van der Waals surface area (Å²) < 4.78 is 163. The minimum Gasteiger partial charge on any atom is -0.486 e. The maximum absolute atomic E-state index is 12.1. The molecule has 4 aliphatic rings. The standard InChI is InChI=1S/C23H39NO3S.C21H35NO3S.C20H31NO3S.C19H30O4S.C19H30O3S.C18H27NO2S/c1-19-17-24(18-20(2)27-19)22-14-12-21(13-15-22)11-9-7-6-8-10-16-28(25,26)23(3,4)5;1-21(2,3)26(23,24)17-8-6-4-5-7-10-19-11-9-12-20(18-19)22-13-15-25-16-14-22;1-20(2,3)25(23,24)14-8-6-4-5-7-9-16-10-12-18-17(15-16)11-13-19(18)21-22;1-19(2,3)24(20,21)14-8-6-4-5-7-9-16-10-11-17-18(15-16)23-13-12-22-17;1-16(20)18-13-10-12-17(15-18)11-8-6-5-7-9-14-23(21,22)19(2,3)4;1-18(2,3)22(20,21)14-8-6-4-5-7-9-16-10-12-17(15-19)13-11-16/h12-15,19-20H,6-11,16-18H2,1-5H3;9,11-12,18H,4-8,10,13-17H2,1-3H3;10,12,15,22H,4-9,11,13-14H2,1-3H3;10-11,15H,4-9,12-14H2,1-3H3;10,12-13,15H,5-9,11,14H2,1-4H3;10-13H,4-9,14H2,1-3H3/b;;21-19+;;;/t19-,20+;;;;;. The Kier molecular flexibility index (Phi) is 56.9. The van der Waals surface area contributed by atoms with Crippen molar-refractivity contribution in [3.05, 3.63) is 189 Å². The zero-order valence-corrected chi connectivity index (χ0v) is 99.7. The molecule has 0 bridgehead atoms. The normalized spacial score (nSPS) is 15.7. The maximum atomic E-state index is 12.1. The molecule has 0 unspecified atom stereocenters. The number of Topliss-reactive ketones (excluding diaryl/α,β-unsaturated/α-hetero) is 1. The molecule has 0 spiro atoms. The first-order valence-electron chi connectivity index (χ1n) is 55.4. The van der Waals surface area contributed by atoms with Gasteiger partial charge in [0.25, 0.3) is 0 Å². The van der Waals surface area contributed by atoms with Gasteiger partial charge in [-0.05, 0) is 367 Å². The van der Waals surface area contributed by atoms with Crippen LogP contribution in [0.1, 0.15) is 405 Å². The third-order valence-corrected chi connectivity index (χ3v) is 44.3. The van der Waals surface area contributed by atoms with E-state index in [1.807, 2.05) is 48.5 Å². The van der Waals surface area contributed by atoms with E-state index >= 15 is 0 Å². The zero-order valence-electron chi connectivity index (χ0n) is 94.8. The highest BCUT2D eigenvalue weighted by Gasteiger charge is 2.34. The fraction of sp³-hybridized carbons (Fsp3) is 0.675. The molecular formula is C120H192N4O18S6. The van der Waals surface area contributed by atoms with Crippen LogP contribution >= 0.6 is 0 Å². The van der Waals surface area contributed by atoms with Crippen molar-refractivity contribution in [2.24, 2.45) is 5.16 Å². The van der Waals surface area contributed by atoms with Gasteiger partial charge in [0.1, 0.15) is 13.2 Å². The van der Waals surface area contributed by atoms with Crippen LogP contribution in [0.5, 0.6) is 11.5 Å². The molecule has 6 aromatic rings. The lowest BCUT2D eigenvalue weighted by Gasteiger charge is -2.36. The summed E-state index contributed by atoms with van der Waals surface area (Å²) in [6, 6.07) is 48.1. The Hall–Kier alpha value is -7.23. The molecule has 10 rings (SSSR count). The average molecular weight is 2170 g/mol. The van der Waals surface area contributed by atoms with Gasteiger partial charge in [-0.2, -0.15) is 5.26 Å². The topological polar surface area (TPSA) is 322 Å². The van der Waals surface area contributed by atoms with Gasteiger partial charge in [0.2, 0.25) is 0 Å². The first kappa shape index (κ1) is 131. The van der Waals surface area contributed by atoms with Crippen LogP contribution in [0.4, 0.5) is 11.4 Å². The minimum absolute atomic E-state index is 0.104. The second-order valence-corrected chi connectivity index (χ2v) is 64.0. The van der Waals surface area contributed by atoms with Crippen molar-refractivity contribution in [1.82, 2.24) is 0 Å². The first-order chi connectivity index (χ1) is 69.3. The molecule has 1 aliphatic carbocycles. The number of hydrogen-bond donors (Lipinski definition) is 1. The van der Waals surface area contributed by atoms with Crippen molar-refractivity contribution in [2.75, 3.05) is 96.9 Å². The Bertz CT molecular complexity index is 5680. The number of aryl methyl sites for hydroxylation is 7. The van der Waals surface area contributed by atoms with E-state index in [2.05, 4.69) is 120 Å². The van der Waals surface area contributed by atoms with Gasteiger partial charge in [-0.25, -0.2) is 50.5 Å². The highest BCUT2D eigenvalue weighted by molar-refractivity contribution is 7.94. The maximum Gasteiger partial charge on any atom is 0.161 e. The van der Waals surface area contributed by atoms with Crippen LogP contribution in [0, 0.1) is 11.3 Å². The minimum atomic E-state index is -2.98. The zero-order chi connectivity index (χ0) is 110. The van der Waals surface area contributed by atoms with Gasteiger partial charge in [-0.15, -0.1) is 0 Å². The molecule has 2 atom stereocenters. The van der Waals surface area contributed by atoms with Crippen LogP contribution in [0.3, 0.4) is 0 Å². The van der Waals surface area contributed by atoms with E-state index in [0.717, 1.165) is 305 Å². The van der Waals surface area contributed by atoms with Gasteiger partial charge in [-0.3, -0.25) is 4.79 Å². The van der Waals surface area contributed by atoms with Crippen LogP contribution in [0.2, 0.25) is 0 Å². The number of carbonyl (C=O) groups excluding carboxylic acids is 1. The molecule has 0 radical (unpaired) electrons. The van der Waals surface area contributed by atoms with E-state index < -0.39 is 87.5 Å². The molecule has 3 heterocycles. The number of anilines is 2. The van der Waals surface area contributed by atoms with Crippen LogP contribution in [-0.2, 0) is 113 Å². The summed E-state index contributed by atoms with van der Waals surface area (Å²) in [5, 5.41) is 21.1. The number of morpholine rings is 2. The van der Waals surface area contributed by atoms with E-state index in [1.54, 1.807) is 132 Å². The molecule has 0 aromatic heterocycles. The van der Waals surface area contributed by atoms with Gasteiger partial charge in [-0.1, -0.05) is 200 Å². The smallest absolute Gasteiger partial charge is 0.161 e. The number of rotatable bonds is 51. The number of unbranched alkanes of at least 4 members (excludes halogenated alkanes) is 24. The summed E-state index contributed by atoms with van der Waals surface area (Å²) in [5.41, 5.74) is 15.1. The highest BCUT2D eigenvalue weighted by atomic mass is 32.2. The summed E-state index contributed by atoms with van der Waals surface area (Å²) in [5.74, 6) is 3.62. The molecule has 2 saturated heterocycles. The van der Waals surface area contributed by atoms with Gasteiger partial charge in [0.15, 0.2) is 76.3 Å². The van der Waals surface area contributed by atoms with E-state index in [0.29, 0.717) is 47.5 Å². The molecule has 1 N–H and O–H groups in total. The van der Waals surface area contributed by atoms with Crippen LogP contribution in [0.15, 0.2) is 139 Å². The number of ketones is 1. The predicted octanol–water partition coefficient (Wildman–Crippen LogP) is 26.8. The Labute approximate surface area is 898 Å². The Morgan fingerprint density at radius 1 is 0.345 bits per heavy atom. The van der Waals surface area contributed by atoms with Crippen molar-refractivity contribution in [2.45, 2.75) is 430 Å². The quantitative estimate of drug-likeness (QED) is 0.0160. The Balaban J connectivity index is 0.000000313. The number of oxime groups is 1. The summed E-state index contributed by atoms with van der Waals surface area (Å²) >= 11 is 0. The predicted molar refractivity (Wildman–Crippen MR) is 618 cm³/mol. The van der Waals surface area contributed by atoms with Crippen molar-refractivity contribution >= 4 is 81.9 Å². The van der Waals surface area contributed by atoms with Gasteiger partial charge in [0, 0.05) is 48.7 Å². The number of ether oxygens (including phenoxy) is 4. The average Bonchev–Trinajstić information content (AvgIpc) is 1.18. The third kappa shape index (κ3) is 49.5. The van der Waals surface area contributed by atoms with Crippen molar-refractivity contribution in [3.63, 3.8) is 0 Å². The molecule has 0 saturated carbocycles. The molecule has 6 aromatic carbocycles. The molecule has 0 amide bonds. The summed E-state index contributed by atoms with van der Waals surface area (Å²) in [6.45, 7) is 44.5. The van der Waals surface area contributed by atoms with E-state index in [-0.39, 0.29) is 23.7 Å². The second-order valence-electron chi connectivity index (χ2n) is 46.9. The number of nitrogens with zero attached hydrogens (tertiary/aromatic N) is 4. The number of hydrogen-bond acceptors (Lipinski definition) is 22. The monoisotopic (exact) mass is 2170 g/mol. The first-order valence-corrected chi connectivity index (χ1v) is 65.3. The van der Waals surface area contributed by atoms with Gasteiger partial charge in [0.05, 0.1) is 106 Å². The summed E-state index contributed by atoms with van der Waals surface area (Å²) in [6.07, 6.45) is 39.2. The molecule has 148 heavy (non-hydrogen) atoms. The highest BCUT2D eigenvalue weighted by Crippen LogP contribution is 2.34. The van der Waals surface area contributed by atoms with Crippen LogP contribution in [0.25, 0.3) is 0 Å². The van der Waals surface area contributed by atoms with Gasteiger partial charge < -0.3 is 34.0 Å². The second kappa shape index (κ2) is 64.2.